The van der Waals surface area contributed by atoms with Crippen molar-refractivity contribution in [2.45, 2.75) is 51.7 Å². The van der Waals surface area contributed by atoms with Gasteiger partial charge in [-0.2, -0.15) is 0 Å². The molecule has 4 rings (SSSR count). The number of anilines is 1. The molecule has 178 valence electrons. The molecule has 2 unspecified atom stereocenters. The van der Waals surface area contributed by atoms with Gasteiger partial charge in [0.1, 0.15) is 29.4 Å². The molecule has 1 heterocycles. The first-order chi connectivity index (χ1) is 16.5. The minimum atomic E-state index is -0.577. The second kappa shape index (κ2) is 10.9. The molecular formula is C29H32FNO3. The molecule has 3 aromatic carbocycles. The average Bonchev–Trinajstić information content (AvgIpc) is 2.83. The van der Waals surface area contributed by atoms with Crippen LogP contribution in [-0.2, 0) is 22.6 Å². The van der Waals surface area contributed by atoms with Gasteiger partial charge in [-0.05, 0) is 62.2 Å². The molecule has 0 aliphatic carbocycles. The lowest BCUT2D eigenvalue weighted by Gasteiger charge is -2.44. The minimum absolute atomic E-state index is 0.240. The number of benzene rings is 3. The van der Waals surface area contributed by atoms with Crippen molar-refractivity contribution in [2.24, 2.45) is 0 Å². The van der Waals surface area contributed by atoms with Gasteiger partial charge in [-0.15, -0.1) is 0 Å². The molecule has 4 nitrogen and oxygen atoms in total. The Bertz CT molecular complexity index is 1110. The number of ether oxygens (including phenoxy) is 3. The van der Waals surface area contributed by atoms with Crippen LogP contribution < -0.4 is 10.1 Å². The van der Waals surface area contributed by atoms with E-state index >= 15 is 0 Å². The number of rotatable bonds is 9. The molecule has 0 bridgehead atoms. The largest absolute Gasteiger partial charge is 0.485 e. The number of allylic oxidation sites excluding steroid dienone is 1. The van der Waals surface area contributed by atoms with Crippen molar-refractivity contribution >= 4 is 5.69 Å². The lowest BCUT2D eigenvalue weighted by molar-refractivity contribution is -0.161. The van der Waals surface area contributed by atoms with Crippen LogP contribution in [-0.4, -0.2) is 18.3 Å². The molecule has 0 saturated heterocycles. The summed E-state index contributed by atoms with van der Waals surface area (Å²) in [5.74, 6) is 0.543. The van der Waals surface area contributed by atoms with Gasteiger partial charge in [0.2, 0.25) is 0 Å². The molecule has 1 aliphatic rings. The first-order valence-electron chi connectivity index (χ1n) is 11.7. The first kappa shape index (κ1) is 24.0. The van der Waals surface area contributed by atoms with Gasteiger partial charge in [-0.3, -0.25) is 0 Å². The van der Waals surface area contributed by atoms with Crippen LogP contribution in [0.5, 0.6) is 5.75 Å². The van der Waals surface area contributed by atoms with E-state index in [0.717, 1.165) is 28.1 Å². The van der Waals surface area contributed by atoms with Crippen LogP contribution in [0.3, 0.4) is 0 Å². The van der Waals surface area contributed by atoms with Crippen molar-refractivity contribution in [1.82, 2.24) is 0 Å². The zero-order valence-electron chi connectivity index (χ0n) is 20.0. The third kappa shape index (κ3) is 5.85. The van der Waals surface area contributed by atoms with Crippen LogP contribution in [0.4, 0.5) is 10.1 Å². The van der Waals surface area contributed by atoms with Gasteiger partial charge in [-0.1, -0.05) is 54.6 Å². The van der Waals surface area contributed by atoms with Crippen LogP contribution >= 0.6 is 0 Å². The minimum Gasteiger partial charge on any atom is -0.485 e. The first-order valence-corrected chi connectivity index (χ1v) is 11.7. The zero-order chi connectivity index (χ0) is 24.0. The highest BCUT2D eigenvalue weighted by molar-refractivity contribution is 5.54. The summed E-state index contributed by atoms with van der Waals surface area (Å²) in [6, 6.07) is 22.7. The summed E-state index contributed by atoms with van der Waals surface area (Å²) in [5, 5.41) is 3.39. The fourth-order valence-corrected chi connectivity index (χ4v) is 4.17. The quantitative estimate of drug-likeness (QED) is 0.355. The Balaban J connectivity index is 1.60. The van der Waals surface area contributed by atoms with Crippen LogP contribution in [0.25, 0.3) is 0 Å². The van der Waals surface area contributed by atoms with Gasteiger partial charge < -0.3 is 19.5 Å². The molecule has 3 aromatic rings. The average molecular weight is 462 g/mol. The maximum Gasteiger partial charge on any atom is 0.132 e. The van der Waals surface area contributed by atoms with Crippen LogP contribution in [0, 0.1) is 5.82 Å². The molecule has 2 atom stereocenters. The van der Waals surface area contributed by atoms with E-state index in [2.05, 4.69) is 17.4 Å². The van der Waals surface area contributed by atoms with Gasteiger partial charge >= 0.3 is 0 Å². The molecule has 0 radical (unpaired) electrons. The van der Waals surface area contributed by atoms with E-state index in [9.17, 15) is 4.39 Å². The Morgan fingerprint density at radius 2 is 1.76 bits per heavy atom. The Hall–Kier alpha value is -3.15. The van der Waals surface area contributed by atoms with E-state index in [1.165, 1.54) is 12.1 Å². The predicted octanol–water partition coefficient (Wildman–Crippen LogP) is 6.83. The van der Waals surface area contributed by atoms with Crippen LogP contribution in [0.15, 0.2) is 84.9 Å². The van der Waals surface area contributed by atoms with E-state index in [0.29, 0.717) is 19.8 Å². The summed E-state index contributed by atoms with van der Waals surface area (Å²) >= 11 is 0. The van der Waals surface area contributed by atoms with Crippen molar-refractivity contribution in [3.05, 3.63) is 107 Å². The van der Waals surface area contributed by atoms with Gasteiger partial charge in [-0.25, -0.2) is 4.39 Å². The Morgan fingerprint density at radius 3 is 2.53 bits per heavy atom. The molecule has 0 fully saturated rings. The lowest BCUT2D eigenvalue weighted by Crippen LogP contribution is -2.51. The monoisotopic (exact) mass is 461 g/mol. The van der Waals surface area contributed by atoms with E-state index in [-0.39, 0.29) is 18.0 Å². The van der Waals surface area contributed by atoms with E-state index in [4.69, 9.17) is 14.2 Å². The number of hydrogen-bond acceptors (Lipinski definition) is 4. The summed E-state index contributed by atoms with van der Waals surface area (Å²) in [5.41, 5.74) is 3.24. The van der Waals surface area contributed by atoms with Crippen LogP contribution in [0.1, 0.15) is 43.6 Å². The summed E-state index contributed by atoms with van der Waals surface area (Å²) in [7, 11) is 0. The number of halogens is 1. The van der Waals surface area contributed by atoms with E-state index in [1.807, 2.05) is 75.4 Å². The Labute approximate surface area is 201 Å². The fraction of sp³-hybridized carbons (Fsp3) is 0.310. The predicted molar refractivity (Wildman–Crippen MR) is 133 cm³/mol. The van der Waals surface area contributed by atoms with Gasteiger partial charge in [0, 0.05) is 17.8 Å². The number of hydrogen-bond donors (Lipinski definition) is 1. The van der Waals surface area contributed by atoms with Gasteiger partial charge in [0.15, 0.2) is 0 Å². The Morgan fingerprint density at radius 1 is 0.971 bits per heavy atom. The van der Waals surface area contributed by atoms with Crippen molar-refractivity contribution in [3.8, 4) is 5.75 Å². The van der Waals surface area contributed by atoms with Crippen molar-refractivity contribution in [3.63, 3.8) is 0 Å². The molecule has 1 aliphatic heterocycles. The zero-order valence-corrected chi connectivity index (χ0v) is 20.0. The third-order valence-corrected chi connectivity index (χ3v) is 5.92. The molecule has 0 saturated carbocycles. The smallest absolute Gasteiger partial charge is 0.132 e. The second-order valence-electron chi connectivity index (χ2n) is 8.98. The molecule has 0 spiro atoms. The van der Waals surface area contributed by atoms with Crippen molar-refractivity contribution in [2.75, 3.05) is 11.9 Å². The maximum atomic E-state index is 13.6. The maximum absolute atomic E-state index is 13.6. The highest BCUT2D eigenvalue weighted by Gasteiger charge is 2.45. The second-order valence-corrected chi connectivity index (χ2v) is 8.98. The fourth-order valence-electron chi connectivity index (χ4n) is 4.17. The number of nitrogens with one attached hydrogen (secondary N) is 1. The molecular weight excluding hydrogens is 429 g/mol. The standard InChI is InChI=1S/C29H32FNO3/c1-4-5-16-32-28-27(33-20-21-10-7-6-8-11-21)25-18-24(14-15-26(25)34-29(28,2)3)31-19-22-12-9-13-23(30)17-22/h4-15,17-18,27-28,31H,16,19-20H2,1-3H3. The summed E-state index contributed by atoms with van der Waals surface area (Å²) in [6.07, 6.45) is 3.33. The summed E-state index contributed by atoms with van der Waals surface area (Å²) < 4.78 is 32.7. The van der Waals surface area contributed by atoms with E-state index < -0.39 is 5.60 Å². The topological polar surface area (TPSA) is 39.7 Å². The highest BCUT2D eigenvalue weighted by Crippen LogP contribution is 2.44. The van der Waals surface area contributed by atoms with E-state index in [1.54, 1.807) is 6.07 Å². The highest BCUT2D eigenvalue weighted by atomic mass is 19.1. The molecule has 1 N–H and O–H groups in total. The SMILES string of the molecule is CC=CCOC1C(OCc2ccccc2)c2cc(NCc3cccc(F)c3)ccc2OC1(C)C. The van der Waals surface area contributed by atoms with Crippen molar-refractivity contribution in [1.29, 1.82) is 0 Å². The van der Waals surface area contributed by atoms with Gasteiger partial charge in [0.25, 0.3) is 0 Å². The molecule has 5 heteroatoms. The molecule has 34 heavy (non-hydrogen) atoms. The van der Waals surface area contributed by atoms with Crippen molar-refractivity contribution < 1.29 is 18.6 Å². The summed E-state index contributed by atoms with van der Waals surface area (Å²) in [6.45, 7) is 7.49. The Kier molecular flexibility index (Phi) is 7.66. The van der Waals surface area contributed by atoms with Gasteiger partial charge in [0.05, 0.1) is 13.2 Å². The lowest BCUT2D eigenvalue weighted by atomic mass is 9.87. The normalized spacial score (nSPS) is 18.9. The third-order valence-electron chi connectivity index (χ3n) is 5.92. The number of fused-ring (bicyclic) bond motifs is 1. The van der Waals surface area contributed by atoms with Crippen LogP contribution in [0.2, 0.25) is 0 Å². The molecule has 0 aromatic heterocycles. The summed E-state index contributed by atoms with van der Waals surface area (Å²) in [4.78, 5) is 0. The molecule has 0 amide bonds.